The lowest BCUT2D eigenvalue weighted by atomic mass is 9.65. The summed E-state index contributed by atoms with van der Waals surface area (Å²) in [6, 6.07) is 0. The van der Waals surface area contributed by atoms with Crippen molar-refractivity contribution in [2.24, 2.45) is 22.7 Å². The van der Waals surface area contributed by atoms with Crippen molar-refractivity contribution in [2.45, 2.75) is 116 Å². The van der Waals surface area contributed by atoms with Gasteiger partial charge in [-0.25, -0.2) is 0 Å². The Morgan fingerprint density at radius 2 is 0.884 bits per heavy atom. The number of carbonyl (C=O) groups excluding carboxylic acids is 2. The lowest BCUT2D eigenvalue weighted by molar-refractivity contribution is -0.405. The average molecular weight is 661 g/mol. The second kappa shape index (κ2) is 13.2. The van der Waals surface area contributed by atoms with Crippen LogP contribution in [0.1, 0.15) is 73.6 Å². The molecule has 0 heterocycles. The van der Waals surface area contributed by atoms with Crippen molar-refractivity contribution >= 4 is 11.9 Å². The third-order valence-corrected chi connectivity index (χ3v) is 7.91. The summed E-state index contributed by atoms with van der Waals surface area (Å²) in [7, 11) is 1.42. The van der Waals surface area contributed by atoms with Crippen LogP contribution in [-0.2, 0) is 19.1 Å². The molecular weight excluding hydrogens is 624 g/mol. The van der Waals surface area contributed by atoms with Crippen molar-refractivity contribution in [3.05, 3.63) is 0 Å². The van der Waals surface area contributed by atoms with E-state index in [2.05, 4.69) is 4.74 Å². The van der Waals surface area contributed by atoms with Crippen LogP contribution in [0.5, 0.6) is 0 Å². The van der Waals surface area contributed by atoms with E-state index in [9.17, 15) is 72.5 Å². The number of alkyl halides is 12. The summed E-state index contributed by atoms with van der Waals surface area (Å²) in [5, 5.41) is 19.2. The molecule has 0 spiro atoms. The van der Waals surface area contributed by atoms with Crippen LogP contribution in [0.25, 0.3) is 0 Å². The highest BCUT2D eigenvalue weighted by molar-refractivity contribution is 5.76. The van der Waals surface area contributed by atoms with Crippen LogP contribution in [-0.4, -0.2) is 71.3 Å². The van der Waals surface area contributed by atoms with Gasteiger partial charge in [-0.15, -0.1) is 0 Å². The molecule has 1 aliphatic carbocycles. The van der Waals surface area contributed by atoms with Gasteiger partial charge in [0.05, 0.1) is 17.9 Å². The minimum atomic E-state index is -6.58. The minimum Gasteiger partial charge on any atom is -0.469 e. The first-order chi connectivity index (χ1) is 18.8. The molecule has 0 bridgehead atoms. The van der Waals surface area contributed by atoms with Gasteiger partial charge in [0, 0.05) is 11.8 Å². The summed E-state index contributed by atoms with van der Waals surface area (Å²) in [5.41, 5.74) is -13.3. The molecule has 0 aliphatic heterocycles. The third kappa shape index (κ3) is 8.60. The van der Waals surface area contributed by atoms with E-state index in [1.54, 1.807) is 0 Å². The van der Waals surface area contributed by atoms with Gasteiger partial charge in [0.15, 0.2) is 0 Å². The highest BCUT2D eigenvalue weighted by Crippen LogP contribution is 2.58. The Kier molecular flexibility index (Phi) is 12.6. The molecule has 18 heteroatoms. The van der Waals surface area contributed by atoms with Crippen LogP contribution in [0.4, 0.5) is 52.7 Å². The predicted molar refractivity (Wildman–Crippen MR) is 125 cm³/mol. The fraction of sp³-hybridized carbons (Fsp3) is 0.920. The minimum absolute atomic E-state index is 0.0184. The van der Waals surface area contributed by atoms with Crippen molar-refractivity contribution in [2.75, 3.05) is 7.11 Å². The number of methoxy groups -OCH3 is 1. The fourth-order valence-electron chi connectivity index (χ4n) is 4.17. The average Bonchev–Trinajstić information content (AvgIpc) is 2.84. The molecule has 0 aromatic carbocycles. The van der Waals surface area contributed by atoms with E-state index in [1.807, 2.05) is 20.8 Å². The summed E-state index contributed by atoms with van der Waals surface area (Å²) < 4.78 is 169. The lowest BCUT2D eigenvalue weighted by Gasteiger charge is -2.48. The van der Waals surface area contributed by atoms with Crippen LogP contribution in [0, 0.1) is 22.7 Å². The molecule has 2 unspecified atom stereocenters. The van der Waals surface area contributed by atoms with Gasteiger partial charge in [-0.1, -0.05) is 13.8 Å². The number of hydrogen-bond acceptors (Lipinski definition) is 6. The fourth-order valence-corrected chi connectivity index (χ4v) is 4.17. The number of ether oxygens (including phenoxy) is 2. The van der Waals surface area contributed by atoms with E-state index in [-0.39, 0.29) is 17.8 Å². The number of halogens is 12. The molecular formula is C25H36F12O6. The maximum absolute atomic E-state index is 13.3. The number of carbonyl (C=O) groups is 2. The zero-order chi connectivity index (χ0) is 34.8. The lowest BCUT2D eigenvalue weighted by Crippen LogP contribution is -2.67. The van der Waals surface area contributed by atoms with Gasteiger partial charge in [0.25, 0.3) is 11.2 Å². The van der Waals surface area contributed by atoms with E-state index in [1.165, 1.54) is 27.9 Å². The van der Waals surface area contributed by atoms with Crippen LogP contribution in [0.2, 0.25) is 0 Å². The van der Waals surface area contributed by atoms with Crippen LogP contribution in [0.15, 0.2) is 0 Å². The Morgan fingerprint density at radius 1 is 0.605 bits per heavy atom. The largest absolute Gasteiger partial charge is 0.469 e. The molecule has 256 valence electrons. The predicted octanol–water partition coefficient (Wildman–Crippen LogP) is 7.06. The molecule has 1 rings (SSSR count). The summed E-state index contributed by atoms with van der Waals surface area (Å²) >= 11 is 0. The highest BCUT2D eigenvalue weighted by Gasteiger charge is 2.78. The zero-order valence-electron chi connectivity index (χ0n) is 24.3. The topological polar surface area (TPSA) is 93.1 Å². The number of esters is 2. The summed E-state index contributed by atoms with van der Waals surface area (Å²) in [6.07, 6.45) is -33.2. The highest BCUT2D eigenvalue weighted by atomic mass is 19.4. The third-order valence-electron chi connectivity index (χ3n) is 7.91. The number of hydrogen-bond donors (Lipinski definition) is 2. The zero-order valence-corrected chi connectivity index (χ0v) is 24.3. The van der Waals surface area contributed by atoms with E-state index in [4.69, 9.17) is 4.74 Å². The standard InChI is InChI=1S/C18H22F12O4.C7H14O2/c1-4-12(2,3)11(31)34-10-6-8(13(32,15(19,20)21)16(22,23)24)5-9(7-10)14(33,17(25,26)27)18(28,29)30;1-5-7(2,3)6(8)9-4/h8-10,32-33H,4-7H2,1-3H3;5H2,1-4H3. The molecule has 6 nitrogen and oxygen atoms in total. The molecule has 0 aromatic heterocycles. The van der Waals surface area contributed by atoms with Gasteiger partial charge >= 0.3 is 36.6 Å². The van der Waals surface area contributed by atoms with E-state index in [0.717, 1.165) is 6.42 Å². The molecule has 0 radical (unpaired) electrons. The molecule has 0 saturated heterocycles. The molecule has 2 atom stereocenters. The smallest absolute Gasteiger partial charge is 0.426 e. The van der Waals surface area contributed by atoms with Crippen molar-refractivity contribution in [1.29, 1.82) is 0 Å². The van der Waals surface area contributed by atoms with Crippen molar-refractivity contribution in [1.82, 2.24) is 0 Å². The molecule has 0 aromatic rings. The Hall–Kier alpha value is -1.98. The Balaban J connectivity index is 0.00000169. The van der Waals surface area contributed by atoms with E-state index in [0.29, 0.717) is 0 Å². The monoisotopic (exact) mass is 660 g/mol. The molecule has 0 amide bonds. The normalized spacial score (nSPS) is 21.5. The summed E-state index contributed by atoms with van der Waals surface area (Å²) in [4.78, 5) is 23.1. The first-order valence-electron chi connectivity index (χ1n) is 12.8. The van der Waals surface area contributed by atoms with Gasteiger partial charge in [-0.2, -0.15) is 52.7 Å². The molecule has 1 saturated carbocycles. The number of rotatable bonds is 7. The molecule has 1 fully saturated rings. The van der Waals surface area contributed by atoms with Crippen LogP contribution in [0.3, 0.4) is 0 Å². The first kappa shape index (κ1) is 41.0. The van der Waals surface area contributed by atoms with Gasteiger partial charge < -0.3 is 19.7 Å². The molecule has 2 N–H and O–H groups in total. The number of aliphatic hydroxyl groups is 2. The Morgan fingerprint density at radius 3 is 1.09 bits per heavy atom. The maximum atomic E-state index is 13.3. The van der Waals surface area contributed by atoms with Crippen molar-refractivity contribution < 1.29 is 82.0 Å². The van der Waals surface area contributed by atoms with E-state index < -0.39 is 84.5 Å². The van der Waals surface area contributed by atoms with Gasteiger partial charge in [0.1, 0.15) is 6.10 Å². The first-order valence-corrected chi connectivity index (χ1v) is 12.8. The summed E-state index contributed by atoms with van der Waals surface area (Å²) in [5.74, 6) is -8.19. The van der Waals surface area contributed by atoms with Gasteiger partial charge in [-0.3, -0.25) is 9.59 Å². The van der Waals surface area contributed by atoms with Gasteiger partial charge in [-0.05, 0) is 59.8 Å². The van der Waals surface area contributed by atoms with E-state index >= 15 is 0 Å². The Labute approximate surface area is 240 Å². The molecule has 1 aliphatic rings. The quantitative estimate of drug-likeness (QED) is 0.225. The molecule has 43 heavy (non-hydrogen) atoms. The summed E-state index contributed by atoms with van der Waals surface area (Å²) in [6.45, 7) is 9.54. The van der Waals surface area contributed by atoms with Crippen molar-refractivity contribution in [3.8, 4) is 0 Å². The Bertz CT molecular complexity index is 876. The second-order valence-electron chi connectivity index (χ2n) is 11.6. The van der Waals surface area contributed by atoms with Crippen LogP contribution < -0.4 is 0 Å². The maximum Gasteiger partial charge on any atom is 0.426 e. The second-order valence-corrected chi connectivity index (χ2v) is 11.6. The SMILES string of the molecule is CCC(C)(C)C(=O)OC.CCC(C)(C)C(=O)OC1CC(C(O)(C(F)(F)F)C(F)(F)F)CC(C(O)(C(F)(F)F)C(F)(F)F)C1. The van der Waals surface area contributed by atoms with Gasteiger partial charge in [0.2, 0.25) is 0 Å². The van der Waals surface area contributed by atoms with Crippen molar-refractivity contribution in [3.63, 3.8) is 0 Å². The van der Waals surface area contributed by atoms with Crippen LogP contribution >= 0.6 is 0 Å².